The Hall–Kier alpha value is -3.42. The highest BCUT2D eigenvalue weighted by atomic mass is 16.5. The average Bonchev–Trinajstić information content (AvgIpc) is 3.23. The fraction of sp³-hybridized carbons (Fsp3) is 0.308. The first-order valence-electron chi connectivity index (χ1n) is 11.2. The van der Waals surface area contributed by atoms with Crippen LogP contribution in [0.5, 0.6) is 11.5 Å². The van der Waals surface area contributed by atoms with Crippen molar-refractivity contribution in [3.8, 4) is 11.5 Å². The third kappa shape index (κ3) is 4.29. The highest BCUT2D eigenvalue weighted by Crippen LogP contribution is 2.34. The van der Waals surface area contributed by atoms with Crippen molar-refractivity contribution >= 4 is 34.0 Å². The number of nitrogens with zero attached hydrogens (tertiary/aromatic N) is 4. The fourth-order valence-electron chi connectivity index (χ4n) is 4.40. The number of fused-ring (bicyclic) bond motifs is 2. The summed E-state index contributed by atoms with van der Waals surface area (Å²) in [4.78, 5) is 12.1. The van der Waals surface area contributed by atoms with Gasteiger partial charge in [0.15, 0.2) is 0 Å². The lowest BCUT2D eigenvalue weighted by Gasteiger charge is -2.26. The molecule has 1 fully saturated rings. The minimum Gasteiger partial charge on any atom is -0.496 e. The van der Waals surface area contributed by atoms with E-state index in [4.69, 9.17) is 24.2 Å². The number of para-hydroxylation sites is 2. The predicted molar refractivity (Wildman–Crippen MR) is 131 cm³/mol. The van der Waals surface area contributed by atoms with Gasteiger partial charge in [-0.25, -0.2) is 9.98 Å². The molecule has 4 aromatic rings. The van der Waals surface area contributed by atoms with E-state index in [0.29, 0.717) is 5.95 Å². The first-order valence-corrected chi connectivity index (χ1v) is 11.2. The van der Waals surface area contributed by atoms with Crippen LogP contribution in [0.15, 0.2) is 59.6 Å². The molecule has 1 saturated heterocycles. The number of aromatic nitrogens is 2. The number of morpholine rings is 1. The quantitative estimate of drug-likeness (QED) is 0.398. The Morgan fingerprint density at radius 1 is 0.939 bits per heavy atom. The van der Waals surface area contributed by atoms with Crippen molar-refractivity contribution in [1.29, 1.82) is 0 Å². The van der Waals surface area contributed by atoms with E-state index in [1.807, 2.05) is 54.7 Å². The van der Waals surface area contributed by atoms with Gasteiger partial charge in [-0.3, -0.25) is 4.90 Å². The number of aliphatic imine (C=N–C) groups is 1. The minimum atomic E-state index is 0.698. The maximum Gasteiger partial charge on any atom is 0.230 e. The van der Waals surface area contributed by atoms with Gasteiger partial charge in [0.2, 0.25) is 5.95 Å². The lowest BCUT2D eigenvalue weighted by atomic mass is 10.0. The smallest absolute Gasteiger partial charge is 0.230 e. The molecule has 0 atom stereocenters. The van der Waals surface area contributed by atoms with Crippen molar-refractivity contribution in [1.82, 2.24) is 14.5 Å². The molecular weight excluding hydrogens is 416 g/mol. The van der Waals surface area contributed by atoms with Crippen LogP contribution < -0.4 is 9.47 Å². The van der Waals surface area contributed by atoms with Gasteiger partial charge in [0, 0.05) is 48.7 Å². The molecule has 7 heteroatoms. The highest BCUT2D eigenvalue weighted by molar-refractivity contribution is 6.06. The van der Waals surface area contributed by atoms with Crippen molar-refractivity contribution in [2.24, 2.45) is 4.99 Å². The molecule has 170 valence electrons. The van der Waals surface area contributed by atoms with E-state index in [2.05, 4.69) is 15.5 Å². The van der Waals surface area contributed by atoms with Gasteiger partial charge in [0.05, 0.1) is 38.5 Å². The molecule has 33 heavy (non-hydrogen) atoms. The molecule has 1 aliphatic heterocycles. The Labute approximate surface area is 193 Å². The van der Waals surface area contributed by atoms with E-state index in [-0.39, 0.29) is 0 Å². The number of imidazole rings is 1. The van der Waals surface area contributed by atoms with Crippen LogP contribution in [0.2, 0.25) is 0 Å². The van der Waals surface area contributed by atoms with Crippen LogP contribution in [0.25, 0.3) is 21.8 Å². The molecule has 2 heterocycles. The summed E-state index contributed by atoms with van der Waals surface area (Å²) >= 11 is 0. The van der Waals surface area contributed by atoms with Crippen LogP contribution in [0, 0.1) is 0 Å². The molecule has 0 aliphatic carbocycles. The predicted octanol–water partition coefficient (Wildman–Crippen LogP) is 4.29. The zero-order valence-corrected chi connectivity index (χ0v) is 19.0. The van der Waals surface area contributed by atoms with Crippen molar-refractivity contribution in [3.05, 3.63) is 60.2 Å². The summed E-state index contributed by atoms with van der Waals surface area (Å²) in [5, 5.41) is 1.96. The van der Waals surface area contributed by atoms with Crippen molar-refractivity contribution in [2.45, 2.75) is 6.54 Å². The van der Waals surface area contributed by atoms with Crippen LogP contribution in [0.1, 0.15) is 5.56 Å². The van der Waals surface area contributed by atoms with E-state index < -0.39 is 0 Å². The Balaban J connectivity index is 1.53. The highest BCUT2D eigenvalue weighted by Gasteiger charge is 2.15. The second-order valence-corrected chi connectivity index (χ2v) is 8.00. The molecule has 0 unspecified atom stereocenters. The molecule has 3 aromatic carbocycles. The van der Waals surface area contributed by atoms with Crippen molar-refractivity contribution in [3.63, 3.8) is 0 Å². The molecule has 1 aromatic heterocycles. The molecule has 5 rings (SSSR count). The van der Waals surface area contributed by atoms with E-state index in [9.17, 15) is 0 Å². The van der Waals surface area contributed by atoms with Crippen LogP contribution >= 0.6 is 0 Å². The number of hydrogen-bond donors (Lipinski definition) is 0. The number of hydrogen-bond acceptors (Lipinski definition) is 6. The van der Waals surface area contributed by atoms with Crippen LogP contribution in [-0.4, -0.2) is 67.7 Å². The fourth-order valence-corrected chi connectivity index (χ4v) is 4.40. The van der Waals surface area contributed by atoms with E-state index in [1.165, 1.54) is 0 Å². The lowest BCUT2D eigenvalue weighted by Crippen LogP contribution is -2.38. The minimum absolute atomic E-state index is 0.698. The summed E-state index contributed by atoms with van der Waals surface area (Å²) in [7, 11) is 3.36. The van der Waals surface area contributed by atoms with Gasteiger partial charge in [0.1, 0.15) is 11.5 Å². The molecule has 0 spiro atoms. The Bertz CT molecular complexity index is 1290. The first-order chi connectivity index (χ1) is 16.3. The van der Waals surface area contributed by atoms with Crippen LogP contribution in [-0.2, 0) is 11.3 Å². The maximum atomic E-state index is 5.64. The van der Waals surface area contributed by atoms with Gasteiger partial charge in [-0.15, -0.1) is 0 Å². The second kappa shape index (κ2) is 9.60. The van der Waals surface area contributed by atoms with Gasteiger partial charge >= 0.3 is 0 Å². The summed E-state index contributed by atoms with van der Waals surface area (Å²) in [6.45, 7) is 5.27. The number of ether oxygens (including phenoxy) is 3. The summed E-state index contributed by atoms with van der Waals surface area (Å²) < 4.78 is 18.9. The Kier molecular flexibility index (Phi) is 6.24. The van der Waals surface area contributed by atoms with Crippen molar-refractivity contribution < 1.29 is 14.2 Å². The van der Waals surface area contributed by atoms with Gasteiger partial charge in [0.25, 0.3) is 0 Å². The molecule has 0 amide bonds. The molecule has 0 N–H and O–H groups in total. The lowest BCUT2D eigenvalue weighted by molar-refractivity contribution is 0.0366. The van der Waals surface area contributed by atoms with Gasteiger partial charge in [-0.2, -0.15) is 0 Å². The number of rotatable bonds is 7. The molecule has 1 aliphatic rings. The maximum absolute atomic E-state index is 5.64. The largest absolute Gasteiger partial charge is 0.496 e. The normalized spacial score (nSPS) is 15.0. The second-order valence-electron chi connectivity index (χ2n) is 8.00. The Morgan fingerprint density at radius 2 is 1.76 bits per heavy atom. The topological polar surface area (TPSA) is 61.1 Å². The van der Waals surface area contributed by atoms with Gasteiger partial charge in [-0.05, 0) is 30.3 Å². The standard InChI is InChI=1S/C26H28N4O3/c1-31-23-11-10-19(25-20(23)6-5-9-24(25)32-2)18-27-26-28-21-7-3-4-8-22(21)30(26)13-12-29-14-16-33-17-15-29/h3-11,18H,12-17H2,1-2H3/b27-18+. The van der Waals surface area contributed by atoms with E-state index in [1.54, 1.807) is 14.2 Å². The third-order valence-corrected chi connectivity index (χ3v) is 6.13. The van der Waals surface area contributed by atoms with Crippen LogP contribution in [0.4, 0.5) is 5.95 Å². The summed E-state index contributed by atoms with van der Waals surface area (Å²) in [6.07, 6.45) is 1.87. The summed E-state index contributed by atoms with van der Waals surface area (Å²) in [5.41, 5.74) is 2.99. The van der Waals surface area contributed by atoms with E-state index >= 15 is 0 Å². The zero-order valence-electron chi connectivity index (χ0n) is 19.0. The third-order valence-electron chi connectivity index (χ3n) is 6.13. The molecular formula is C26H28N4O3. The molecule has 0 saturated carbocycles. The molecule has 7 nitrogen and oxygen atoms in total. The van der Waals surface area contributed by atoms with E-state index in [0.717, 1.165) is 78.3 Å². The molecule has 0 bridgehead atoms. The zero-order chi connectivity index (χ0) is 22.6. The summed E-state index contributed by atoms with van der Waals surface area (Å²) in [6, 6.07) is 18.1. The first kappa shape index (κ1) is 21.4. The van der Waals surface area contributed by atoms with Crippen molar-refractivity contribution in [2.75, 3.05) is 47.1 Å². The summed E-state index contributed by atoms with van der Waals surface area (Å²) in [5.74, 6) is 2.29. The number of methoxy groups -OCH3 is 2. The molecule has 0 radical (unpaired) electrons. The Morgan fingerprint density at radius 3 is 2.58 bits per heavy atom. The van der Waals surface area contributed by atoms with Gasteiger partial charge in [-0.1, -0.05) is 24.3 Å². The number of benzene rings is 3. The van der Waals surface area contributed by atoms with Crippen LogP contribution in [0.3, 0.4) is 0 Å². The monoisotopic (exact) mass is 444 g/mol. The average molecular weight is 445 g/mol. The SMILES string of the molecule is COc1ccc(/C=N/c2nc3ccccc3n2CCN2CCOCC2)c2c(OC)cccc12. The van der Waals surface area contributed by atoms with Gasteiger partial charge < -0.3 is 18.8 Å².